The number of rotatable bonds is 5. The van der Waals surface area contributed by atoms with E-state index in [9.17, 15) is 4.79 Å². The highest BCUT2D eigenvalue weighted by atomic mass is 16.5. The van der Waals surface area contributed by atoms with Crippen molar-refractivity contribution in [2.45, 2.75) is 65.3 Å². The average molecular weight is 368 g/mol. The Balaban J connectivity index is 1.88. The predicted octanol–water partition coefficient (Wildman–Crippen LogP) is 5.54. The zero-order chi connectivity index (χ0) is 20.2. The molecule has 0 aromatic heterocycles. The van der Waals surface area contributed by atoms with Gasteiger partial charge in [0.2, 0.25) is 0 Å². The number of hydrogen-bond acceptors (Lipinski definition) is 2. The molecule has 1 amide bonds. The van der Waals surface area contributed by atoms with E-state index in [2.05, 4.69) is 71.1 Å². The van der Waals surface area contributed by atoms with Gasteiger partial charge in [0.15, 0.2) is 6.61 Å². The fraction of sp³-hybridized carbons (Fsp3) is 0.458. The van der Waals surface area contributed by atoms with Gasteiger partial charge in [0.25, 0.3) is 5.91 Å². The first-order chi connectivity index (χ1) is 12.5. The number of ether oxygens (including phenoxy) is 1. The molecule has 0 saturated carbocycles. The van der Waals surface area contributed by atoms with Crippen LogP contribution in [-0.4, -0.2) is 12.5 Å². The van der Waals surface area contributed by atoms with E-state index in [4.69, 9.17) is 4.74 Å². The van der Waals surface area contributed by atoms with Crippen LogP contribution in [-0.2, 0) is 15.6 Å². The second-order valence-electron chi connectivity index (χ2n) is 9.22. The van der Waals surface area contributed by atoms with Crippen LogP contribution in [0.2, 0.25) is 0 Å². The molecule has 27 heavy (non-hydrogen) atoms. The zero-order valence-electron chi connectivity index (χ0n) is 17.7. The quantitative estimate of drug-likeness (QED) is 0.754. The molecular weight excluding hydrogens is 334 g/mol. The molecule has 2 aromatic carbocycles. The van der Waals surface area contributed by atoms with Crippen molar-refractivity contribution in [2.75, 3.05) is 6.61 Å². The Morgan fingerprint density at radius 2 is 1.30 bits per heavy atom. The van der Waals surface area contributed by atoms with Crippen LogP contribution in [0.5, 0.6) is 5.75 Å². The Labute approximate surface area is 164 Å². The monoisotopic (exact) mass is 367 g/mol. The van der Waals surface area contributed by atoms with Crippen molar-refractivity contribution in [3.8, 4) is 5.75 Å². The molecule has 0 aliphatic carbocycles. The predicted molar refractivity (Wildman–Crippen MR) is 112 cm³/mol. The van der Waals surface area contributed by atoms with Crippen LogP contribution in [0.25, 0.3) is 0 Å². The van der Waals surface area contributed by atoms with E-state index in [1.807, 2.05) is 31.2 Å². The molecule has 2 aromatic rings. The summed E-state index contributed by atoms with van der Waals surface area (Å²) in [5.41, 5.74) is 3.85. The van der Waals surface area contributed by atoms with Crippen LogP contribution < -0.4 is 10.1 Å². The van der Waals surface area contributed by atoms with E-state index in [0.717, 1.165) is 5.56 Å². The topological polar surface area (TPSA) is 38.3 Å². The highest BCUT2D eigenvalue weighted by molar-refractivity contribution is 5.78. The largest absolute Gasteiger partial charge is 0.484 e. The van der Waals surface area contributed by atoms with E-state index in [1.165, 1.54) is 11.1 Å². The number of carbonyl (C=O) groups is 1. The van der Waals surface area contributed by atoms with E-state index in [0.29, 0.717) is 5.75 Å². The van der Waals surface area contributed by atoms with Crippen molar-refractivity contribution < 1.29 is 9.53 Å². The first kappa shape index (κ1) is 21.0. The highest BCUT2D eigenvalue weighted by Crippen LogP contribution is 2.25. The van der Waals surface area contributed by atoms with Gasteiger partial charge in [-0.05, 0) is 46.6 Å². The maximum absolute atomic E-state index is 12.2. The lowest BCUT2D eigenvalue weighted by Gasteiger charge is -2.21. The smallest absolute Gasteiger partial charge is 0.258 e. The van der Waals surface area contributed by atoms with Crippen molar-refractivity contribution >= 4 is 5.91 Å². The average Bonchev–Trinajstić information content (AvgIpc) is 2.59. The van der Waals surface area contributed by atoms with E-state index < -0.39 is 0 Å². The van der Waals surface area contributed by atoms with Crippen LogP contribution in [0, 0.1) is 0 Å². The maximum Gasteiger partial charge on any atom is 0.258 e. The van der Waals surface area contributed by atoms with Gasteiger partial charge in [-0.2, -0.15) is 0 Å². The summed E-state index contributed by atoms with van der Waals surface area (Å²) < 4.78 is 5.62. The molecule has 0 aliphatic heterocycles. The Bertz CT molecular complexity index is 747. The molecule has 0 unspecified atom stereocenters. The number of carbonyl (C=O) groups excluding carboxylic acids is 1. The molecule has 1 N–H and O–H groups in total. The van der Waals surface area contributed by atoms with Crippen molar-refractivity contribution in [2.24, 2.45) is 0 Å². The maximum atomic E-state index is 12.2. The molecule has 0 saturated heterocycles. The third kappa shape index (κ3) is 6.13. The standard InChI is InChI=1S/C24H33NO2/c1-17(18-8-10-19(11-9-18)23(2,3)4)25-22(26)16-27-21-14-12-20(13-15-21)24(5,6)7/h8-15,17H,16H2,1-7H3,(H,25,26)/t17-/m1/s1. The summed E-state index contributed by atoms with van der Waals surface area (Å²) >= 11 is 0. The fourth-order valence-electron chi connectivity index (χ4n) is 2.84. The fourth-order valence-corrected chi connectivity index (χ4v) is 2.84. The molecule has 2 rings (SSSR count). The number of hydrogen-bond donors (Lipinski definition) is 1. The second kappa shape index (κ2) is 8.16. The molecule has 3 heteroatoms. The molecule has 0 fully saturated rings. The summed E-state index contributed by atoms with van der Waals surface area (Å²) in [4.78, 5) is 12.2. The Hall–Kier alpha value is -2.29. The van der Waals surface area contributed by atoms with Gasteiger partial charge in [-0.3, -0.25) is 4.79 Å². The Morgan fingerprint density at radius 1 is 0.852 bits per heavy atom. The van der Waals surface area contributed by atoms with Gasteiger partial charge in [-0.15, -0.1) is 0 Å². The second-order valence-corrected chi connectivity index (χ2v) is 9.22. The normalized spacial score (nSPS) is 13.1. The summed E-state index contributed by atoms with van der Waals surface area (Å²) in [5.74, 6) is 0.586. The molecule has 0 heterocycles. The minimum atomic E-state index is -0.123. The molecule has 0 radical (unpaired) electrons. The first-order valence-corrected chi connectivity index (χ1v) is 9.60. The summed E-state index contributed by atoms with van der Waals surface area (Å²) in [6, 6.07) is 16.3. The number of amides is 1. The lowest BCUT2D eigenvalue weighted by molar-refractivity contribution is -0.123. The molecule has 0 bridgehead atoms. The molecule has 146 valence electrons. The Morgan fingerprint density at radius 3 is 1.74 bits per heavy atom. The third-order valence-electron chi connectivity index (χ3n) is 4.74. The number of benzene rings is 2. The lowest BCUT2D eigenvalue weighted by atomic mass is 9.86. The first-order valence-electron chi connectivity index (χ1n) is 9.60. The van der Waals surface area contributed by atoms with Gasteiger partial charge in [0.05, 0.1) is 6.04 Å². The Kier molecular flexibility index (Phi) is 6.35. The third-order valence-corrected chi connectivity index (χ3v) is 4.74. The van der Waals surface area contributed by atoms with Crippen molar-refractivity contribution in [1.29, 1.82) is 0 Å². The summed E-state index contributed by atoms with van der Waals surface area (Å²) in [5, 5.41) is 3.00. The van der Waals surface area contributed by atoms with Gasteiger partial charge < -0.3 is 10.1 Å². The zero-order valence-corrected chi connectivity index (χ0v) is 17.7. The SMILES string of the molecule is C[C@@H](NC(=O)COc1ccc(C(C)(C)C)cc1)c1ccc(C(C)(C)C)cc1. The summed E-state index contributed by atoms with van der Waals surface area (Å²) in [6.45, 7) is 15.1. The van der Waals surface area contributed by atoms with E-state index in [-0.39, 0.29) is 29.4 Å². The van der Waals surface area contributed by atoms with Gasteiger partial charge >= 0.3 is 0 Å². The summed E-state index contributed by atoms with van der Waals surface area (Å²) in [7, 11) is 0. The molecule has 0 aliphatic rings. The molecule has 0 spiro atoms. The molecule has 3 nitrogen and oxygen atoms in total. The van der Waals surface area contributed by atoms with Crippen LogP contribution in [0.15, 0.2) is 48.5 Å². The van der Waals surface area contributed by atoms with Gasteiger partial charge in [0.1, 0.15) is 5.75 Å². The number of nitrogens with one attached hydrogen (secondary N) is 1. The van der Waals surface area contributed by atoms with E-state index >= 15 is 0 Å². The molecule has 1 atom stereocenters. The lowest BCUT2D eigenvalue weighted by Crippen LogP contribution is -2.31. The summed E-state index contributed by atoms with van der Waals surface area (Å²) in [6.07, 6.45) is 0. The minimum absolute atomic E-state index is 0.0132. The van der Waals surface area contributed by atoms with Crippen LogP contribution in [0.1, 0.15) is 71.2 Å². The van der Waals surface area contributed by atoms with Crippen molar-refractivity contribution in [3.05, 3.63) is 65.2 Å². The van der Waals surface area contributed by atoms with Gasteiger partial charge in [0, 0.05) is 0 Å². The minimum Gasteiger partial charge on any atom is -0.484 e. The van der Waals surface area contributed by atoms with Gasteiger partial charge in [-0.1, -0.05) is 77.9 Å². The van der Waals surface area contributed by atoms with Crippen molar-refractivity contribution in [3.63, 3.8) is 0 Å². The van der Waals surface area contributed by atoms with Crippen LogP contribution >= 0.6 is 0 Å². The molecular formula is C24H33NO2. The van der Waals surface area contributed by atoms with Crippen LogP contribution in [0.3, 0.4) is 0 Å². The van der Waals surface area contributed by atoms with Crippen molar-refractivity contribution in [1.82, 2.24) is 5.32 Å². The van der Waals surface area contributed by atoms with Crippen LogP contribution in [0.4, 0.5) is 0 Å². The van der Waals surface area contributed by atoms with Gasteiger partial charge in [-0.25, -0.2) is 0 Å². The van der Waals surface area contributed by atoms with E-state index in [1.54, 1.807) is 0 Å². The highest BCUT2D eigenvalue weighted by Gasteiger charge is 2.16.